The highest BCUT2D eigenvalue weighted by atomic mass is 16.6. The minimum absolute atomic E-state index is 0.121. The molecule has 0 fully saturated rings. The van der Waals surface area contributed by atoms with Gasteiger partial charge in [-0.3, -0.25) is 10.1 Å². The molecule has 9 nitrogen and oxygen atoms in total. The third-order valence-electron chi connectivity index (χ3n) is 7.54. The summed E-state index contributed by atoms with van der Waals surface area (Å²) in [6, 6.07) is 18.5. The molecular weight excluding hydrogens is 598 g/mol. The van der Waals surface area contributed by atoms with E-state index in [0.29, 0.717) is 36.7 Å². The van der Waals surface area contributed by atoms with Gasteiger partial charge in [-0.2, -0.15) is 0 Å². The molecule has 0 amide bonds. The normalized spacial score (nSPS) is 10.7. The molecule has 0 atom stereocenters. The van der Waals surface area contributed by atoms with E-state index >= 15 is 0 Å². The standard InChI is InChI=1S/C38H47NO8/c1-4-5-12-25-44-33-20-15-30(16-21-33)32-19-24-36(35(28-32)39(42)43)47-38(41)31-17-22-34(23-18-31)45-26-13-10-8-6-7-9-11-14-27-46-37(40)29(2)3/h15-24,28H,2,4-14,25-27H2,1,3H3. The van der Waals surface area contributed by atoms with E-state index in [9.17, 15) is 19.7 Å². The zero-order chi connectivity index (χ0) is 33.9. The van der Waals surface area contributed by atoms with Crippen LogP contribution in [0.1, 0.15) is 94.8 Å². The van der Waals surface area contributed by atoms with Crippen LogP contribution in [0.2, 0.25) is 0 Å². The molecule has 252 valence electrons. The summed E-state index contributed by atoms with van der Waals surface area (Å²) in [6.07, 6.45) is 11.7. The Balaban J connectivity index is 1.38. The molecule has 0 aliphatic rings. The number of esters is 2. The number of nitro benzene ring substituents is 1. The van der Waals surface area contributed by atoms with E-state index in [1.165, 1.54) is 12.1 Å². The Morgan fingerprint density at radius 2 is 1.21 bits per heavy atom. The summed E-state index contributed by atoms with van der Waals surface area (Å²) in [4.78, 5) is 35.4. The minimum Gasteiger partial charge on any atom is -0.494 e. The molecule has 0 saturated heterocycles. The summed E-state index contributed by atoms with van der Waals surface area (Å²) < 4.78 is 22.1. The number of hydrogen-bond donors (Lipinski definition) is 0. The summed E-state index contributed by atoms with van der Waals surface area (Å²) in [7, 11) is 0. The second-order valence-electron chi connectivity index (χ2n) is 11.5. The Labute approximate surface area is 278 Å². The van der Waals surface area contributed by atoms with Crippen LogP contribution in [0, 0.1) is 10.1 Å². The maximum Gasteiger partial charge on any atom is 0.343 e. The molecule has 47 heavy (non-hydrogen) atoms. The van der Waals surface area contributed by atoms with Crippen LogP contribution >= 0.6 is 0 Å². The molecule has 3 aromatic rings. The second kappa shape index (κ2) is 20.5. The third kappa shape index (κ3) is 13.3. The molecule has 0 heterocycles. The van der Waals surface area contributed by atoms with Crippen LogP contribution in [0.5, 0.6) is 17.2 Å². The smallest absolute Gasteiger partial charge is 0.343 e. The van der Waals surface area contributed by atoms with E-state index in [1.54, 1.807) is 37.3 Å². The third-order valence-corrected chi connectivity index (χ3v) is 7.54. The van der Waals surface area contributed by atoms with Crippen LogP contribution < -0.4 is 14.2 Å². The summed E-state index contributed by atoms with van der Waals surface area (Å²) in [6.45, 7) is 9.03. The Kier molecular flexibility index (Phi) is 16.0. The maximum atomic E-state index is 12.8. The topological polar surface area (TPSA) is 114 Å². The predicted octanol–water partition coefficient (Wildman–Crippen LogP) is 9.67. The number of rotatable bonds is 22. The van der Waals surface area contributed by atoms with Gasteiger partial charge in [0.2, 0.25) is 5.75 Å². The van der Waals surface area contributed by atoms with Crippen molar-refractivity contribution in [1.82, 2.24) is 0 Å². The lowest BCUT2D eigenvalue weighted by Crippen LogP contribution is -2.10. The van der Waals surface area contributed by atoms with Crippen LogP contribution in [-0.4, -0.2) is 36.7 Å². The first kappa shape index (κ1) is 36.8. The SMILES string of the molecule is C=C(C)C(=O)OCCCCCCCCCCOc1ccc(C(=O)Oc2ccc(-c3ccc(OCCCCC)cc3)cc2[N+](=O)[O-])cc1. The van der Waals surface area contributed by atoms with Gasteiger partial charge in [0, 0.05) is 11.6 Å². The average Bonchev–Trinajstić information content (AvgIpc) is 3.07. The monoisotopic (exact) mass is 645 g/mol. The van der Waals surface area contributed by atoms with Gasteiger partial charge in [0.15, 0.2) is 0 Å². The lowest BCUT2D eigenvalue weighted by atomic mass is 10.0. The Morgan fingerprint density at radius 3 is 1.77 bits per heavy atom. The number of nitrogens with zero attached hydrogens (tertiary/aromatic N) is 1. The first-order chi connectivity index (χ1) is 22.8. The number of benzene rings is 3. The quantitative estimate of drug-likeness (QED) is 0.0265. The number of carbonyl (C=O) groups excluding carboxylic acids is 2. The predicted molar refractivity (Wildman–Crippen MR) is 183 cm³/mol. The molecule has 0 radical (unpaired) electrons. The first-order valence-corrected chi connectivity index (χ1v) is 16.6. The van der Waals surface area contributed by atoms with Crippen molar-refractivity contribution in [3.8, 4) is 28.4 Å². The lowest BCUT2D eigenvalue weighted by Gasteiger charge is -2.10. The number of nitro groups is 1. The van der Waals surface area contributed by atoms with Crippen LogP contribution in [0.25, 0.3) is 11.1 Å². The molecule has 0 N–H and O–H groups in total. The van der Waals surface area contributed by atoms with Crippen molar-refractivity contribution in [3.05, 3.63) is 94.6 Å². The molecule has 0 aliphatic heterocycles. The van der Waals surface area contributed by atoms with Crippen LogP contribution in [-0.2, 0) is 9.53 Å². The molecule has 0 saturated carbocycles. The summed E-state index contributed by atoms with van der Waals surface area (Å²) in [5, 5.41) is 11.8. The van der Waals surface area contributed by atoms with Crippen molar-refractivity contribution >= 4 is 17.6 Å². The highest BCUT2D eigenvalue weighted by molar-refractivity contribution is 5.92. The van der Waals surface area contributed by atoms with Gasteiger partial charge in [-0.05, 0) is 79.8 Å². The zero-order valence-corrected chi connectivity index (χ0v) is 27.7. The van der Waals surface area contributed by atoms with E-state index in [-0.39, 0.29) is 23.0 Å². The summed E-state index contributed by atoms with van der Waals surface area (Å²) in [5.41, 5.74) is 1.82. The molecule has 0 bridgehead atoms. The lowest BCUT2D eigenvalue weighted by molar-refractivity contribution is -0.385. The Hall–Kier alpha value is -4.66. The highest BCUT2D eigenvalue weighted by Gasteiger charge is 2.20. The molecule has 3 rings (SSSR count). The van der Waals surface area contributed by atoms with Crippen molar-refractivity contribution in [2.75, 3.05) is 19.8 Å². The van der Waals surface area contributed by atoms with Gasteiger partial charge in [-0.15, -0.1) is 0 Å². The van der Waals surface area contributed by atoms with Gasteiger partial charge in [-0.1, -0.05) is 83.1 Å². The molecule has 0 aliphatic carbocycles. The van der Waals surface area contributed by atoms with Crippen molar-refractivity contribution in [2.45, 2.75) is 84.5 Å². The highest BCUT2D eigenvalue weighted by Crippen LogP contribution is 2.33. The van der Waals surface area contributed by atoms with Gasteiger partial charge in [0.05, 0.1) is 30.3 Å². The fourth-order valence-electron chi connectivity index (χ4n) is 4.80. The Bertz CT molecular complexity index is 1430. The van der Waals surface area contributed by atoms with Crippen molar-refractivity contribution in [2.24, 2.45) is 0 Å². The zero-order valence-electron chi connectivity index (χ0n) is 27.7. The van der Waals surface area contributed by atoms with E-state index < -0.39 is 10.9 Å². The van der Waals surface area contributed by atoms with Gasteiger partial charge in [-0.25, -0.2) is 9.59 Å². The first-order valence-electron chi connectivity index (χ1n) is 16.6. The second-order valence-corrected chi connectivity index (χ2v) is 11.5. The minimum atomic E-state index is -0.690. The van der Waals surface area contributed by atoms with Crippen LogP contribution in [0.3, 0.4) is 0 Å². The van der Waals surface area contributed by atoms with Crippen molar-refractivity contribution < 1.29 is 33.5 Å². The number of unbranched alkanes of at least 4 members (excludes halogenated alkanes) is 9. The fourth-order valence-corrected chi connectivity index (χ4v) is 4.80. The van der Waals surface area contributed by atoms with E-state index in [0.717, 1.165) is 81.9 Å². The average molecular weight is 646 g/mol. The van der Waals surface area contributed by atoms with Gasteiger partial charge in [0.1, 0.15) is 11.5 Å². The molecule has 3 aromatic carbocycles. The largest absolute Gasteiger partial charge is 0.494 e. The van der Waals surface area contributed by atoms with Crippen LogP contribution in [0.4, 0.5) is 5.69 Å². The van der Waals surface area contributed by atoms with Gasteiger partial charge in [0.25, 0.3) is 0 Å². The summed E-state index contributed by atoms with van der Waals surface area (Å²) in [5.74, 6) is 0.256. The maximum absolute atomic E-state index is 12.8. The molecule has 0 unspecified atom stereocenters. The molecule has 9 heteroatoms. The van der Waals surface area contributed by atoms with E-state index in [2.05, 4.69) is 13.5 Å². The molecule has 0 spiro atoms. The molecular formula is C38H47NO8. The Morgan fingerprint density at radius 1 is 0.702 bits per heavy atom. The van der Waals surface area contributed by atoms with Gasteiger partial charge >= 0.3 is 17.6 Å². The van der Waals surface area contributed by atoms with Gasteiger partial charge < -0.3 is 18.9 Å². The van der Waals surface area contributed by atoms with E-state index in [1.807, 2.05) is 24.3 Å². The van der Waals surface area contributed by atoms with Crippen molar-refractivity contribution in [3.63, 3.8) is 0 Å². The van der Waals surface area contributed by atoms with Crippen LogP contribution in [0.15, 0.2) is 78.9 Å². The number of carbonyl (C=O) groups is 2. The number of hydrogen-bond acceptors (Lipinski definition) is 8. The number of ether oxygens (including phenoxy) is 4. The molecule has 0 aromatic heterocycles. The van der Waals surface area contributed by atoms with E-state index in [4.69, 9.17) is 18.9 Å². The fraction of sp³-hybridized carbons (Fsp3) is 0.421. The summed E-state index contributed by atoms with van der Waals surface area (Å²) >= 11 is 0. The van der Waals surface area contributed by atoms with Crippen molar-refractivity contribution in [1.29, 1.82) is 0 Å².